The lowest BCUT2D eigenvalue weighted by Crippen LogP contribution is -2.08. The smallest absolute Gasteiger partial charge is 0.266 e. The highest BCUT2D eigenvalue weighted by Gasteiger charge is 2.09. The van der Waals surface area contributed by atoms with Crippen LogP contribution < -0.4 is 5.32 Å². The highest BCUT2D eigenvalue weighted by atomic mass is 35.5. The maximum Gasteiger partial charge on any atom is 0.266 e. The Balaban J connectivity index is 2.04. The highest BCUT2D eigenvalue weighted by Crippen LogP contribution is 2.17. The molecule has 90 valence electrons. The minimum absolute atomic E-state index is 0.432. The number of hydrogen-bond donors (Lipinski definition) is 1. The monoisotopic (exact) mass is 252 g/mol. The molecule has 0 aliphatic carbocycles. The summed E-state index contributed by atoms with van der Waals surface area (Å²) in [6.45, 7) is 0.927. The number of aryl methyl sites for hydroxylation is 1. The molecule has 6 heteroatoms. The van der Waals surface area contributed by atoms with Gasteiger partial charge in [-0.3, -0.25) is 0 Å². The summed E-state index contributed by atoms with van der Waals surface area (Å²) < 4.78 is 5.50. The molecular weight excluding hydrogens is 240 g/mol. The van der Waals surface area contributed by atoms with Crippen LogP contribution in [0, 0.1) is 0 Å². The topological polar surface area (TPSA) is 63.8 Å². The van der Waals surface area contributed by atoms with Gasteiger partial charge in [-0.25, -0.2) is 4.98 Å². The highest BCUT2D eigenvalue weighted by molar-refractivity contribution is 6.30. The van der Waals surface area contributed by atoms with E-state index >= 15 is 0 Å². The summed E-state index contributed by atoms with van der Waals surface area (Å²) in [4.78, 5) is 4.12. The van der Waals surface area contributed by atoms with Gasteiger partial charge in [0, 0.05) is 12.6 Å². The van der Waals surface area contributed by atoms with E-state index in [9.17, 15) is 0 Å². The minimum Gasteiger partial charge on any atom is -0.419 e. The average Bonchev–Trinajstić information content (AvgIpc) is 2.79. The number of nitrogens with one attached hydrogen (secondary N) is 1. The molecule has 0 bridgehead atoms. The molecule has 0 spiro atoms. The van der Waals surface area contributed by atoms with Gasteiger partial charge in [0.15, 0.2) is 0 Å². The van der Waals surface area contributed by atoms with Crippen molar-refractivity contribution in [2.24, 2.45) is 0 Å². The van der Waals surface area contributed by atoms with Gasteiger partial charge in [-0.2, -0.15) is 0 Å². The molecule has 0 atom stereocenters. The second-order valence-corrected chi connectivity index (χ2v) is 4.01. The first kappa shape index (κ1) is 12.0. The molecule has 1 N–H and O–H groups in total. The van der Waals surface area contributed by atoms with Crippen LogP contribution in [0.2, 0.25) is 5.02 Å². The SMILES string of the molecule is CNCCCc1nnc(-c2ccc(Cl)cn2)o1. The van der Waals surface area contributed by atoms with E-state index < -0.39 is 0 Å². The Labute approximate surface area is 104 Å². The van der Waals surface area contributed by atoms with Gasteiger partial charge in [-0.1, -0.05) is 11.6 Å². The first-order chi connectivity index (χ1) is 8.29. The molecule has 0 aliphatic heterocycles. The zero-order valence-corrected chi connectivity index (χ0v) is 10.2. The van der Waals surface area contributed by atoms with Crippen LogP contribution >= 0.6 is 11.6 Å². The molecule has 2 rings (SSSR count). The lowest BCUT2D eigenvalue weighted by Gasteiger charge is -1.95. The van der Waals surface area contributed by atoms with E-state index in [0.717, 1.165) is 19.4 Å². The quantitative estimate of drug-likeness (QED) is 0.824. The first-order valence-electron chi connectivity index (χ1n) is 5.38. The molecule has 0 saturated heterocycles. The Kier molecular flexibility index (Phi) is 4.06. The van der Waals surface area contributed by atoms with Gasteiger partial charge in [-0.15, -0.1) is 10.2 Å². The molecule has 0 fully saturated rings. The van der Waals surface area contributed by atoms with Gasteiger partial charge in [0.05, 0.1) is 5.02 Å². The summed E-state index contributed by atoms with van der Waals surface area (Å²) in [6.07, 6.45) is 3.29. The fourth-order valence-corrected chi connectivity index (χ4v) is 1.49. The van der Waals surface area contributed by atoms with Crippen molar-refractivity contribution in [1.29, 1.82) is 0 Å². The van der Waals surface area contributed by atoms with Crippen molar-refractivity contribution in [3.63, 3.8) is 0 Å². The average molecular weight is 253 g/mol. The normalized spacial score (nSPS) is 10.7. The third-order valence-corrected chi connectivity index (χ3v) is 2.45. The molecule has 0 aliphatic rings. The first-order valence-corrected chi connectivity index (χ1v) is 5.76. The molecule has 0 amide bonds. The van der Waals surface area contributed by atoms with Crippen molar-refractivity contribution in [1.82, 2.24) is 20.5 Å². The van der Waals surface area contributed by atoms with E-state index in [1.54, 1.807) is 18.3 Å². The summed E-state index contributed by atoms with van der Waals surface area (Å²) in [7, 11) is 1.91. The van der Waals surface area contributed by atoms with E-state index in [1.165, 1.54) is 0 Å². The predicted octanol–water partition coefficient (Wildman–Crippen LogP) is 1.94. The van der Waals surface area contributed by atoms with Crippen LogP contribution in [-0.4, -0.2) is 28.8 Å². The Bertz CT molecular complexity index is 469. The minimum atomic E-state index is 0.432. The van der Waals surface area contributed by atoms with Crippen LogP contribution in [-0.2, 0) is 6.42 Å². The summed E-state index contributed by atoms with van der Waals surface area (Å²) in [6, 6.07) is 3.50. The molecule has 17 heavy (non-hydrogen) atoms. The lowest BCUT2D eigenvalue weighted by atomic mass is 10.3. The van der Waals surface area contributed by atoms with E-state index in [4.69, 9.17) is 16.0 Å². The van der Waals surface area contributed by atoms with Crippen LogP contribution in [0.4, 0.5) is 0 Å². The summed E-state index contributed by atoms with van der Waals surface area (Å²) in [5.74, 6) is 1.06. The second-order valence-electron chi connectivity index (χ2n) is 3.57. The Hall–Kier alpha value is -1.46. The van der Waals surface area contributed by atoms with Crippen molar-refractivity contribution in [2.75, 3.05) is 13.6 Å². The molecule has 0 unspecified atom stereocenters. The van der Waals surface area contributed by atoms with Crippen molar-refractivity contribution in [2.45, 2.75) is 12.8 Å². The maximum atomic E-state index is 5.75. The number of rotatable bonds is 5. The molecule has 2 aromatic rings. The molecule has 0 saturated carbocycles. The molecule has 5 nitrogen and oxygen atoms in total. The maximum absolute atomic E-state index is 5.75. The van der Waals surface area contributed by atoms with Gasteiger partial charge in [0.25, 0.3) is 5.89 Å². The fraction of sp³-hybridized carbons (Fsp3) is 0.364. The van der Waals surface area contributed by atoms with Crippen LogP contribution in [0.1, 0.15) is 12.3 Å². The van der Waals surface area contributed by atoms with Gasteiger partial charge in [0.2, 0.25) is 5.89 Å². The molecule has 0 aromatic carbocycles. The van der Waals surface area contributed by atoms with Crippen LogP contribution in [0.25, 0.3) is 11.6 Å². The fourth-order valence-electron chi connectivity index (χ4n) is 1.38. The molecule has 2 heterocycles. The molecular formula is C11H13ClN4O. The zero-order valence-electron chi connectivity index (χ0n) is 9.48. The molecule has 0 radical (unpaired) electrons. The van der Waals surface area contributed by atoms with Crippen molar-refractivity contribution in [3.05, 3.63) is 29.2 Å². The van der Waals surface area contributed by atoms with Crippen molar-refractivity contribution >= 4 is 11.6 Å². The van der Waals surface area contributed by atoms with Gasteiger partial charge < -0.3 is 9.73 Å². The Morgan fingerprint density at radius 1 is 1.35 bits per heavy atom. The standard InChI is InChI=1S/C11H13ClN4O/c1-13-6-2-3-10-15-16-11(17-10)9-5-4-8(12)7-14-9/h4-5,7,13H,2-3,6H2,1H3. The van der Waals surface area contributed by atoms with Gasteiger partial charge >= 0.3 is 0 Å². The third-order valence-electron chi connectivity index (χ3n) is 2.23. The number of pyridine rings is 1. The van der Waals surface area contributed by atoms with E-state index in [1.807, 2.05) is 7.05 Å². The van der Waals surface area contributed by atoms with Crippen molar-refractivity contribution < 1.29 is 4.42 Å². The van der Waals surface area contributed by atoms with Crippen molar-refractivity contribution in [3.8, 4) is 11.6 Å². The Morgan fingerprint density at radius 2 is 2.24 bits per heavy atom. The lowest BCUT2D eigenvalue weighted by molar-refractivity contribution is 0.493. The number of aromatic nitrogens is 3. The number of nitrogens with zero attached hydrogens (tertiary/aromatic N) is 3. The second kappa shape index (κ2) is 5.75. The van der Waals surface area contributed by atoms with Crippen LogP contribution in [0.5, 0.6) is 0 Å². The predicted molar refractivity (Wildman–Crippen MR) is 64.8 cm³/mol. The number of halogens is 1. The summed E-state index contributed by atoms with van der Waals surface area (Å²) >= 11 is 5.75. The van der Waals surface area contributed by atoms with Crippen LogP contribution in [0.15, 0.2) is 22.7 Å². The third kappa shape index (κ3) is 3.25. The summed E-state index contributed by atoms with van der Waals surface area (Å²) in [5.41, 5.74) is 0.641. The van der Waals surface area contributed by atoms with E-state index in [0.29, 0.717) is 22.5 Å². The van der Waals surface area contributed by atoms with E-state index in [-0.39, 0.29) is 0 Å². The number of hydrogen-bond acceptors (Lipinski definition) is 5. The van der Waals surface area contributed by atoms with Gasteiger partial charge in [-0.05, 0) is 32.1 Å². The van der Waals surface area contributed by atoms with Gasteiger partial charge in [0.1, 0.15) is 5.69 Å². The molecule has 2 aromatic heterocycles. The van der Waals surface area contributed by atoms with E-state index in [2.05, 4.69) is 20.5 Å². The summed E-state index contributed by atoms with van der Waals surface area (Å²) in [5, 5.41) is 11.6. The zero-order chi connectivity index (χ0) is 12.1. The largest absolute Gasteiger partial charge is 0.419 e. The Morgan fingerprint density at radius 3 is 2.94 bits per heavy atom. The van der Waals surface area contributed by atoms with Crippen LogP contribution in [0.3, 0.4) is 0 Å².